The Balaban J connectivity index is 1.72. The van der Waals surface area contributed by atoms with Gasteiger partial charge in [-0.05, 0) is 12.1 Å². The lowest BCUT2D eigenvalue weighted by Gasteiger charge is -2.09. The van der Waals surface area contributed by atoms with E-state index in [1.54, 1.807) is 6.07 Å². The Morgan fingerprint density at radius 2 is 1.85 bits per heavy atom. The zero-order valence-corrected chi connectivity index (χ0v) is 15.0. The maximum Gasteiger partial charge on any atom is 0.319 e. The van der Waals surface area contributed by atoms with Crippen molar-refractivity contribution < 1.29 is 23.0 Å². The van der Waals surface area contributed by atoms with Crippen LogP contribution in [0.5, 0.6) is 11.8 Å². The maximum absolute atomic E-state index is 13.4. The van der Waals surface area contributed by atoms with Crippen LogP contribution < -0.4 is 20.1 Å². The molecule has 10 heteroatoms. The summed E-state index contributed by atoms with van der Waals surface area (Å²) >= 11 is 1.50. The van der Waals surface area contributed by atoms with E-state index < -0.39 is 17.7 Å². The SMILES string of the molecule is COc1cc(OC)nc(CSCCNC(=O)Nc2ccc(F)cc2F)n1. The quantitative estimate of drug-likeness (QED) is 0.681. The third kappa shape index (κ3) is 6.03. The number of hydrogen-bond donors (Lipinski definition) is 2. The van der Waals surface area contributed by atoms with Crippen molar-refractivity contribution in [3.8, 4) is 11.8 Å². The van der Waals surface area contributed by atoms with Gasteiger partial charge >= 0.3 is 6.03 Å². The van der Waals surface area contributed by atoms with Gasteiger partial charge in [0.15, 0.2) is 0 Å². The molecule has 0 unspecified atom stereocenters. The third-order valence-electron chi connectivity index (χ3n) is 3.09. The Morgan fingerprint density at radius 3 is 2.46 bits per heavy atom. The Kier molecular flexibility index (Phi) is 7.39. The number of hydrogen-bond acceptors (Lipinski definition) is 6. The van der Waals surface area contributed by atoms with E-state index in [2.05, 4.69) is 20.6 Å². The molecule has 1 aromatic carbocycles. The fourth-order valence-corrected chi connectivity index (χ4v) is 2.58. The van der Waals surface area contributed by atoms with Gasteiger partial charge in [-0.1, -0.05) is 0 Å². The number of benzene rings is 1. The van der Waals surface area contributed by atoms with Crippen LogP contribution in [0.2, 0.25) is 0 Å². The molecular weight excluding hydrogens is 366 g/mol. The first-order chi connectivity index (χ1) is 12.5. The van der Waals surface area contributed by atoms with Gasteiger partial charge in [-0.15, -0.1) is 0 Å². The van der Waals surface area contributed by atoms with E-state index in [4.69, 9.17) is 9.47 Å². The zero-order valence-electron chi connectivity index (χ0n) is 14.2. The van der Waals surface area contributed by atoms with Crippen molar-refractivity contribution in [3.63, 3.8) is 0 Å². The number of amides is 2. The van der Waals surface area contributed by atoms with Gasteiger partial charge in [-0.25, -0.2) is 13.6 Å². The van der Waals surface area contributed by atoms with E-state index in [1.807, 2.05) is 0 Å². The predicted octanol–water partition coefficient (Wildman–Crippen LogP) is 2.83. The molecular formula is C16H18F2N4O3S. The second-order valence-corrected chi connectivity index (χ2v) is 6.03. The van der Waals surface area contributed by atoms with Crippen LogP contribution >= 0.6 is 11.8 Å². The fourth-order valence-electron chi connectivity index (χ4n) is 1.88. The van der Waals surface area contributed by atoms with Crippen LogP contribution in [0.4, 0.5) is 19.3 Å². The number of urea groups is 1. The molecule has 1 heterocycles. The summed E-state index contributed by atoms with van der Waals surface area (Å²) in [6.45, 7) is 0.348. The van der Waals surface area contributed by atoms with Gasteiger partial charge in [0.05, 0.1) is 31.7 Å². The number of nitrogens with one attached hydrogen (secondary N) is 2. The van der Waals surface area contributed by atoms with E-state index in [-0.39, 0.29) is 5.69 Å². The molecule has 0 saturated carbocycles. The lowest BCUT2D eigenvalue weighted by Crippen LogP contribution is -2.30. The van der Waals surface area contributed by atoms with Crippen LogP contribution in [-0.2, 0) is 5.75 Å². The molecule has 2 amide bonds. The molecule has 1 aromatic heterocycles. The lowest BCUT2D eigenvalue weighted by atomic mass is 10.3. The smallest absolute Gasteiger partial charge is 0.319 e. The fraction of sp³-hybridized carbons (Fsp3) is 0.312. The molecule has 0 aliphatic carbocycles. The van der Waals surface area contributed by atoms with Crippen LogP contribution in [0.3, 0.4) is 0 Å². The number of carbonyl (C=O) groups is 1. The number of carbonyl (C=O) groups excluding carboxylic acids is 1. The molecule has 0 fully saturated rings. The Labute approximate surface area is 153 Å². The van der Waals surface area contributed by atoms with E-state index in [0.717, 1.165) is 12.1 Å². The average Bonchev–Trinajstić information content (AvgIpc) is 2.63. The minimum Gasteiger partial charge on any atom is -0.481 e. The van der Waals surface area contributed by atoms with Crippen LogP contribution in [-0.4, -0.2) is 42.5 Å². The lowest BCUT2D eigenvalue weighted by molar-refractivity contribution is 0.252. The average molecular weight is 384 g/mol. The first-order valence-electron chi connectivity index (χ1n) is 7.55. The van der Waals surface area contributed by atoms with Gasteiger partial charge in [-0.2, -0.15) is 21.7 Å². The van der Waals surface area contributed by atoms with Crippen LogP contribution in [0.1, 0.15) is 5.82 Å². The van der Waals surface area contributed by atoms with Crippen molar-refractivity contribution in [2.75, 3.05) is 31.8 Å². The third-order valence-corrected chi connectivity index (χ3v) is 4.04. The monoisotopic (exact) mass is 384 g/mol. The van der Waals surface area contributed by atoms with Gasteiger partial charge in [0.25, 0.3) is 0 Å². The summed E-state index contributed by atoms with van der Waals surface area (Å²) in [5, 5.41) is 4.90. The molecule has 26 heavy (non-hydrogen) atoms. The maximum atomic E-state index is 13.4. The summed E-state index contributed by atoms with van der Waals surface area (Å²) in [6.07, 6.45) is 0. The van der Waals surface area contributed by atoms with Crippen molar-refractivity contribution >= 4 is 23.5 Å². The molecule has 0 atom stereocenters. The number of methoxy groups -OCH3 is 2. The zero-order chi connectivity index (χ0) is 18.9. The summed E-state index contributed by atoms with van der Waals surface area (Å²) < 4.78 is 36.4. The highest BCUT2D eigenvalue weighted by atomic mass is 32.2. The van der Waals surface area contributed by atoms with Gasteiger partial charge in [0, 0.05) is 18.4 Å². The molecule has 0 radical (unpaired) electrons. The largest absolute Gasteiger partial charge is 0.481 e. The number of thioether (sulfide) groups is 1. The highest BCUT2D eigenvalue weighted by Crippen LogP contribution is 2.18. The Hall–Kier alpha value is -2.62. The topological polar surface area (TPSA) is 85.4 Å². The second-order valence-electron chi connectivity index (χ2n) is 4.93. The van der Waals surface area contributed by atoms with Crippen molar-refractivity contribution in [1.29, 1.82) is 0 Å². The minimum absolute atomic E-state index is 0.0894. The second kappa shape index (κ2) is 9.76. The first kappa shape index (κ1) is 19.7. The molecule has 0 bridgehead atoms. The molecule has 2 rings (SSSR count). The van der Waals surface area contributed by atoms with Crippen LogP contribution in [0.15, 0.2) is 24.3 Å². The summed E-state index contributed by atoms with van der Waals surface area (Å²) in [6, 6.07) is 3.93. The number of aromatic nitrogens is 2. The molecule has 7 nitrogen and oxygen atoms in total. The van der Waals surface area contributed by atoms with E-state index in [1.165, 1.54) is 26.0 Å². The predicted molar refractivity (Wildman–Crippen MR) is 94.7 cm³/mol. The normalized spacial score (nSPS) is 10.3. The number of nitrogens with zero attached hydrogens (tertiary/aromatic N) is 2. The van der Waals surface area contributed by atoms with E-state index >= 15 is 0 Å². The van der Waals surface area contributed by atoms with Gasteiger partial charge in [0.1, 0.15) is 17.5 Å². The molecule has 140 valence electrons. The van der Waals surface area contributed by atoms with Crippen molar-refractivity contribution in [2.24, 2.45) is 0 Å². The number of ether oxygens (including phenoxy) is 2. The van der Waals surface area contributed by atoms with Crippen molar-refractivity contribution in [2.45, 2.75) is 5.75 Å². The van der Waals surface area contributed by atoms with Crippen molar-refractivity contribution in [1.82, 2.24) is 15.3 Å². The first-order valence-corrected chi connectivity index (χ1v) is 8.71. The number of anilines is 1. The van der Waals surface area contributed by atoms with E-state index in [0.29, 0.717) is 41.7 Å². The summed E-state index contributed by atoms with van der Waals surface area (Å²) in [5.74, 6) is 0.910. The minimum atomic E-state index is -0.835. The van der Waals surface area contributed by atoms with Gasteiger partial charge in [0.2, 0.25) is 11.8 Å². The molecule has 0 spiro atoms. The molecule has 0 aliphatic heterocycles. The summed E-state index contributed by atoms with van der Waals surface area (Å²) in [7, 11) is 3.01. The number of halogens is 2. The summed E-state index contributed by atoms with van der Waals surface area (Å²) in [5.41, 5.74) is -0.0894. The molecule has 2 N–H and O–H groups in total. The molecule has 0 saturated heterocycles. The molecule has 2 aromatic rings. The van der Waals surface area contributed by atoms with E-state index in [9.17, 15) is 13.6 Å². The number of rotatable bonds is 8. The van der Waals surface area contributed by atoms with Gasteiger partial charge in [-0.3, -0.25) is 0 Å². The summed E-state index contributed by atoms with van der Waals surface area (Å²) in [4.78, 5) is 20.1. The highest BCUT2D eigenvalue weighted by Gasteiger charge is 2.08. The van der Waals surface area contributed by atoms with Crippen LogP contribution in [0.25, 0.3) is 0 Å². The molecule has 0 aliphatic rings. The standard InChI is InChI=1S/C16H18F2N4O3S/c1-24-14-8-15(25-2)22-13(21-14)9-26-6-5-19-16(23)20-12-4-3-10(17)7-11(12)18/h3-4,7-8H,5-6,9H2,1-2H3,(H2,19,20,23). The van der Waals surface area contributed by atoms with Gasteiger partial charge < -0.3 is 20.1 Å². The highest BCUT2D eigenvalue weighted by molar-refractivity contribution is 7.98. The Bertz CT molecular complexity index is 742. The Morgan fingerprint density at radius 1 is 1.15 bits per heavy atom. The van der Waals surface area contributed by atoms with Crippen molar-refractivity contribution in [3.05, 3.63) is 41.7 Å². The van der Waals surface area contributed by atoms with Crippen LogP contribution in [0, 0.1) is 11.6 Å².